The number of nitrogens with zero attached hydrogens (tertiary/aromatic N) is 1. The van der Waals surface area contributed by atoms with Crippen molar-refractivity contribution in [3.8, 4) is 0 Å². The van der Waals surface area contributed by atoms with Crippen molar-refractivity contribution >= 4 is 0 Å². The van der Waals surface area contributed by atoms with Crippen molar-refractivity contribution in [1.29, 1.82) is 0 Å². The van der Waals surface area contributed by atoms with Crippen LogP contribution in [0.2, 0.25) is 0 Å². The maximum atomic E-state index is 5.91. The highest BCUT2D eigenvalue weighted by atomic mass is 16.5. The molecule has 1 rings (SSSR count). The average Bonchev–Trinajstić information content (AvgIpc) is 2.42. The van der Waals surface area contributed by atoms with Gasteiger partial charge in [0.1, 0.15) is 0 Å². The van der Waals surface area contributed by atoms with Crippen LogP contribution < -0.4 is 0 Å². The Morgan fingerprint density at radius 3 is 2.37 bits per heavy atom. The Hall–Kier alpha value is -0.120. The molecule has 1 saturated heterocycles. The summed E-state index contributed by atoms with van der Waals surface area (Å²) in [6, 6.07) is 0. The Labute approximate surface area is 119 Å². The van der Waals surface area contributed by atoms with Crippen LogP contribution in [0.25, 0.3) is 0 Å². The smallest absolute Gasteiger partial charge is 0.0599 e. The molecule has 0 aromatic carbocycles. The van der Waals surface area contributed by atoms with Crippen molar-refractivity contribution in [3.63, 3.8) is 0 Å². The van der Waals surface area contributed by atoms with Crippen LogP contribution in [0.4, 0.5) is 0 Å². The molecule has 0 amide bonds. The van der Waals surface area contributed by atoms with E-state index >= 15 is 0 Å². The fraction of sp³-hybridized carbons (Fsp3) is 1.00. The van der Waals surface area contributed by atoms with Gasteiger partial charge in [0.2, 0.25) is 0 Å². The van der Waals surface area contributed by atoms with Gasteiger partial charge in [0.05, 0.1) is 6.10 Å². The summed E-state index contributed by atoms with van der Waals surface area (Å²) in [6.45, 7) is 13.0. The summed E-state index contributed by atoms with van der Waals surface area (Å²) in [6.07, 6.45) is 6.38. The largest absolute Gasteiger partial charge is 0.381 e. The van der Waals surface area contributed by atoms with Crippen LogP contribution in [0.3, 0.4) is 0 Å². The fourth-order valence-corrected chi connectivity index (χ4v) is 2.50. The molecule has 1 heterocycles. The Morgan fingerprint density at radius 2 is 1.74 bits per heavy atom. The Balaban J connectivity index is 1.83. The molecular formula is C16H33NO2. The van der Waals surface area contributed by atoms with Crippen molar-refractivity contribution in [3.05, 3.63) is 0 Å². The van der Waals surface area contributed by atoms with Crippen LogP contribution in [-0.4, -0.2) is 50.5 Å². The number of hydrogen-bond donors (Lipinski definition) is 0. The second-order valence-corrected chi connectivity index (χ2v) is 6.01. The van der Waals surface area contributed by atoms with Crippen LogP contribution in [0.5, 0.6) is 0 Å². The summed E-state index contributed by atoms with van der Waals surface area (Å²) in [4.78, 5) is 2.50. The van der Waals surface area contributed by atoms with Crippen molar-refractivity contribution in [2.45, 2.75) is 59.0 Å². The molecule has 19 heavy (non-hydrogen) atoms. The van der Waals surface area contributed by atoms with Crippen LogP contribution in [0.1, 0.15) is 52.9 Å². The van der Waals surface area contributed by atoms with Crippen molar-refractivity contribution in [2.24, 2.45) is 5.92 Å². The average molecular weight is 271 g/mol. The molecule has 0 bridgehead atoms. The third-order valence-corrected chi connectivity index (χ3v) is 3.84. The van der Waals surface area contributed by atoms with E-state index in [2.05, 4.69) is 25.7 Å². The fourth-order valence-electron chi connectivity index (χ4n) is 2.50. The van der Waals surface area contributed by atoms with E-state index in [1.54, 1.807) is 0 Å². The first-order valence-corrected chi connectivity index (χ1v) is 8.14. The lowest BCUT2D eigenvalue weighted by Crippen LogP contribution is -2.36. The minimum Gasteiger partial charge on any atom is -0.381 e. The zero-order valence-corrected chi connectivity index (χ0v) is 13.2. The molecule has 0 unspecified atom stereocenters. The number of rotatable bonds is 10. The van der Waals surface area contributed by atoms with Gasteiger partial charge in [-0.2, -0.15) is 0 Å². The van der Waals surface area contributed by atoms with Crippen molar-refractivity contribution in [2.75, 3.05) is 39.5 Å². The van der Waals surface area contributed by atoms with Crippen molar-refractivity contribution < 1.29 is 9.47 Å². The number of ether oxygens (including phenoxy) is 2. The predicted octanol–water partition coefficient (Wildman–Crippen LogP) is 3.33. The number of piperidine rings is 1. The third-order valence-electron chi connectivity index (χ3n) is 3.84. The van der Waals surface area contributed by atoms with E-state index in [1.807, 2.05) is 0 Å². The molecule has 1 aliphatic heterocycles. The highest BCUT2D eigenvalue weighted by Gasteiger charge is 2.17. The Bertz CT molecular complexity index is 201. The molecule has 0 atom stereocenters. The summed E-state index contributed by atoms with van der Waals surface area (Å²) in [5.74, 6) is 0.793. The van der Waals surface area contributed by atoms with Gasteiger partial charge < -0.3 is 14.4 Å². The molecule has 0 aromatic rings. The molecule has 1 aliphatic rings. The monoisotopic (exact) mass is 271 g/mol. The van der Waals surface area contributed by atoms with Gasteiger partial charge in [0.15, 0.2) is 0 Å². The van der Waals surface area contributed by atoms with E-state index in [0.29, 0.717) is 6.10 Å². The quantitative estimate of drug-likeness (QED) is 0.569. The lowest BCUT2D eigenvalue weighted by atomic mass is 10.1. The van der Waals surface area contributed by atoms with Crippen LogP contribution in [0, 0.1) is 5.92 Å². The molecule has 1 fully saturated rings. The summed E-state index contributed by atoms with van der Waals surface area (Å²) >= 11 is 0. The minimum absolute atomic E-state index is 0.490. The van der Waals surface area contributed by atoms with Crippen molar-refractivity contribution in [1.82, 2.24) is 4.90 Å². The summed E-state index contributed by atoms with van der Waals surface area (Å²) in [5.41, 5.74) is 0. The summed E-state index contributed by atoms with van der Waals surface area (Å²) in [5, 5.41) is 0. The maximum Gasteiger partial charge on any atom is 0.0599 e. The van der Waals surface area contributed by atoms with E-state index in [4.69, 9.17) is 9.47 Å². The summed E-state index contributed by atoms with van der Waals surface area (Å²) in [7, 11) is 0. The van der Waals surface area contributed by atoms with Gasteiger partial charge in [0, 0.05) is 32.9 Å². The SMILES string of the molecule is CCN1CCC(OCCCOCCCC(C)C)CC1. The molecule has 0 aliphatic carbocycles. The van der Waals surface area contributed by atoms with Gasteiger partial charge in [-0.25, -0.2) is 0 Å². The Morgan fingerprint density at radius 1 is 1.05 bits per heavy atom. The highest BCUT2D eigenvalue weighted by molar-refractivity contribution is 4.71. The third kappa shape index (κ3) is 8.61. The molecule has 0 spiro atoms. The van der Waals surface area contributed by atoms with Gasteiger partial charge in [-0.3, -0.25) is 0 Å². The van der Waals surface area contributed by atoms with E-state index in [0.717, 1.165) is 32.2 Å². The summed E-state index contributed by atoms with van der Waals surface area (Å²) < 4.78 is 11.5. The molecular weight excluding hydrogens is 238 g/mol. The zero-order chi connectivity index (χ0) is 13.9. The highest BCUT2D eigenvalue weighted by Crippen LogP contribution is 2.13. The second-order valence-electron chi connectivity index (χ2n) is 6.01. The minimum atomic E-state index is 0.490. The first-order chi connectivity index (χ1) is 9.22. The molecule has 0 N–H and O–H groups in total. The standard InChI is InChI=1S/C16H33NO2/c1-4-17-10-8-16(9-11-17)19-14-6-13-18-12-5-7-15(2)3/h15-16H,4-14H2,1-3H3. The molecule has 114 valence electrons. The molecule has 3 nitrogen and oxygen atoms in total. The van der Waals surface area contributed by atoms with Crippen LogP contribution >= 0.6 is 0 Å². The van der Waals surface area contributed by atoms with Crippen LogP contribution in [0.15, 0.2) is 0 Å². The first-order valence-electron chi connectivity index (χ1n) is 8.14. The normalized spacial score (nSPS) is 18.3. The van der Waals surface area contributed by atoms with E-state index in [9.17, 15) is 0 Å². The van der Waals surface area contributed by atoms with Gasteiger partial charge in [-0.15, -0.1) is 0 Å². The van der Waals surface area contributed by atoms with E-state index in [1.165, 1.54) is 45.3 Å². The lowest BCUT2D eigenvalue weighted by Gasteiger charge is -2.30. The molecule has 0 aromatic heterocycles. The number of likely N-dealkylation sites (tertiary alicyclic amines) is 1. The lowest BCUT2D eigenvalue weighted by molar-refractivity contribution is -0.00212. The van der Waals surface area contributed by atoms with E-state index < -0.39 is 0 Å². The topological polar surface area (TPSA) is 21.7 Å². The first kappa shape index (κ1) is 16.9. The van der Waals surface area contributed by atoms with Gasteiger partial charge in [-0.1, -0.05) is 20.8 Å². The van der Waals surface area contributed by atoms with Gasteiger partial charge in [0.25, 0.3) is 0 Å². The molecule has 3 heteroatoms. The zero-order valence-electron chi connectivity index (χ0n) is 13.2. The van der Waals surface area contributed by atoms with Gasteiger partial charge in [-0.05, 0) is 44.6 Å². The molecule has 0 radical (unpaired) electrons. The molecule has 0 saturated carbocycles. The van der Waals surface area contributed by atoms with Crippen LogP contribution in [-0.2, 0) is 9.47 Å². The van der Waals surface area contributed by atoms with E-state index in [-0.39, 0.29) is 0 Å². The van der Waals surface area contributed by atoms with Gasteiger partial charge >= 0.3 is 0 Å². The Kier molecular flexibility index (Phi) is 9.48. The number of hydrogen-bond acceptors (Lipinski definition) is 3. The second kappa shape index (κ2) is 10.6. The predicted molar refractivity (Wildman–Crippen MR) is 80.6 cm³/mol. The maximum absolute atomic E-state index is 5.91.